The summed E-state index contributed by atoms with van der Waals surface area (Å²) >= 11 is 12.5. The van der Waals surface area contributed by atoms with Gasteiger partial charge in [0, 0.05) is 28.2 Å². The number of anilines is 1. The van der Waals surface area contributed by atoms with Crippen LogP contribution in [0.2, 0.25) is 5.02 Å². The van der Waals surface area contributed by atoms with Crippen LogP contribution in [0.5, 0.6) is 0 Å². The van der Waals surface area contributed by atoms with Crippen molar-refractivity contribution in [2.24, 2.45) is 4.99 Å². The molecule has 0 aliphatic heterocycles. The van der Waals surface area contributed by atoms with Crippen molar-refractivity contribution in [2.45, 2.75) is 19.3 Å². The van der Waals surface area contributed by atoms with Gasteiger partial charge in [0.15, 0.2) is 0 Å². The summed E-state index contributed by atoms with van der Waals surface area (Å²) in [6, 6.07) is 17.5. The quantitative estimate of drug-likeness (QED) is 0.604. The minimum absolute atomic E-state index is 0.709. The van der Waals surface area contributed by atoms with Crippen LogP contribution in [0.25, 0.3) is 0 Å². The molecule has 0 heterocycles. The van der Waals surface area contributed by atoms with Crippen LogP contribution in [0, 0.1) is 0 Å². The van der Waals surface area contributed by atoms with Crippen molar-refractivity contribution in [3.8, 4) is 0 Å². The van der Waals surface area contributed by atoms with E-state index in [4.69, 9.17) is 23.2 Å². The molecule has 0 atom stereocenters. The van der Waals surface area contributed by atoms with Gasteiger partial charge in [0.2, 0.25) is 0 Å². The molecule has 2 aromatic rings. The van der Waals surface area contributed by atoms with Crippen molar-refractivity contribution in [3.63, 3.8) is 0 Å². The van der Waals surface area contributed by atoms with Crippen LogP contribution in [0.4, 0.5) is 11.4 Å². The lowest BCUT2D eigenvalue weighted by atomic mass is 9.96. The Morgan fingerprint density at radius 2 is 1.67 bits per heavy atom. The van der Waals surface area contributed by atoms with Gasteiger partial charge in [-0.15, -0.1) is 0 Å². The van der Waals surface area contributed by atoms with Crippen LogP contribution in [-0.4, -0.2) is 6.21 Å². The van der Waals surface area contributed by atoms with Crippen molar-refractivity contribution < 1.29 is 0 Å². The number of hydrogen-bond donors (Lipinski definition) is 1. The Labute approximate surface area is 152 Å². The number of halogens is 2. The Morgan fingerprint density at radius 1 is 0.917 bits per heavy atom. The van der Waals surface area contributed by atoms with E-state index in [1.54, 1.807) is 0 Å². The van der Waals surface area contributed by atoms with Crippen molar-refractivity contribution in [1.82, 2.24) is 0 Å². The largest absolute Gasteiger partial charge is 0.361 e. The third-order valence-electron chi connectivity index (χ3n) is 3.84. The molecule has 2 nitrogen and oxygen atoms in total. The van der Waals surface area contributed by atoms with Crippen molar-refractivity contribution in [1.29, 1.82) is 0 Å². The lowest BCUT2D eigenvalue weighted by molar-refractivity contribution is 0.800. The Balaban J connectivity index is 1.75. The van der Waals surface area contributed by atoms with Gasteiger partial charge in [0.05, 0.1) is 5.69 Å². The van der Waals surface area contributed by atoms with E-state index in [2.05, 4.69) is 10.3 Å². The van der Waals surface area contributed by atoms with E-state index in [1.807, 2.05) is 67.0 Å². The van der Waals surface area contributed by atoms with Gasteiger partial charge in [-0.05, 0) is 66.8 Å². The van der Waals surface area contributed by atoms with Crippen LogP contribution in [0.1, 0.15) is 19.3 Å². The van der Waals surface area contributed by atoms with E-state index in [-0.39, 0.29) is 0 Å². The summed E-state index contributed by atoms with van der Waals surface area (Å²) in [6.07, 6.45) is 6.84. The molecule has 0 unspecified atom stereocenters. The fourth-order valence-electron chi connectivity index (χ4n) is 2.54. The second kappa shape index (κ2) is 8.18. The Morgan fingerprint density at radius 3 is 2.42 bits per heavy atom. The van der Waals surface area contributed by atoms with E-state index in [9.17, 15) is 0 Å². The number of hydrogen-bond acceptors (Lipinski definition) is 2. The summed E-state index contributed by atoms with van der Waals surface area (Å²) in [7, 11) is 0. The summed E-state index contributed by atoms with van der Waals surface area (Å²) in [6.45, 7) is 0. The SMILES string of the molecule is ClC1=C(C=Nc2ccc(Cl)cc2)CCC/C1=C\Nc1ccccc1. The zero-order valence-electron chi connectivity index (χ0n) is 13.2. The third-order valence-corrected chi connectivity index (χ3v) is 4.58. The molecule has 0 spiro atoms. The van der Waals surface area contributed by atoms with Gasteiger partial charge in [0.1, 0.15) is 0 Å². The highest BCUT2D eigenvalue weighted by Gasteiger charge is 2.14. The summed E-state index contributed by atoms with van der Waals surface area (Å²) < 4.78 is 0. The third kappa shape index (κ3) is 4.50. The van der Waals surface area contributed by atoms with Gasteiger partial charge in [-0.3, -0.25) is 4.99 Å². The number of aliphatic imine (C=N–C) groups is 1. The second-order valence-corrected chi connectivity index (χ2v) is 6.42. The smallest absolute Gasteiger partial charge is 0.0630 e. The molecule has 0 aromatic heterocycles. The van der Waals surface area contributed by atoms with Gasteiger partial charge in [-0.1, -0.05) is 41.4 Å². The molecule has 122 valence electrons. The molecule has 1 N–H and O–H groups in total. The van der Waals surface area contributed by atoms with Crippen molar-refractivity contribution in [3.05, 3.63) is 82.0 Å². The minimum Gasteiger partial charge on any atom is -0.361 e. The van der Waals surface area contributed by atoms with Crippen molar-refractivity contribution >= 4 is 40.8 Å². The Bertz CT molecular complexity index is 775. The van der Waals surface area contributed by atoms with E-state index >= 15 is 0 Å². The Kier molecular flexibility index (Phi) is 5.73. The maximum atomic E-state index is 6.57. The highest BCUT2D eigenvalue weighted by molar-refractivity contribution is 6.33. The molecule has 2 aromatic carbocycles. The number of rotatable bonds is 4. The highest BCUT2D eigenvalue weighted by Crippen LogP contribution is 2.32. The van der Waals surface area contributed by atoms with Gasteiger partial charge in [-0.25, -0.2) is 0 Å². The van der Waals surface area contributed by atoms with E-state index < -0.39 is 0 Å². The number of nitrogens with one attached hydrogen (secondary N) is 1. The number of allylic oxidation sites excluding steroid dienone is 3. The predicted octanol–water partition coefficient (Wildman–Crippen LogP) is 6.72. The van der Waals surface area contributed by atoms with Crippen LogP contribution in [-0.2, 0) is 0 Å². The molecule has 3 rings (SSSR count). The summed E-state index contributed by atoms with van der Waals surface area (Å²) in [5.74, 6) is 0. The molecule has 0 radical (unpaired) electrons. The maximum Gasteiger partial charge on any atom is 0.0630 e. The average molecular weight is 357 g/mol. The van der Waals surface area contributed by atoms with E-state index in [0.29, 0.717) is 5.02 Å². The zero-order valence-corrected chi connectivity index (χ0v) is 14.7. The summed E-state index contributed by atoms with van der Waals surface area (Å²) in [5, 5.41) is 4.81. The molecule has 0 saturated heterocycles. The van der Waals surface area contributed by atoms with Gasteiger partial charge in [0.25, 0.3) is 0 Å². The molecule has 24 heavy (non-hydrogen) atoms. The lowest BCUT2D eigenvalue weighted by Gasteiger charge is -2.17. The molecule has 0 amide bonds. The standard InChI is InChI=1S/C20H18Cl2N2/c21-17-9-11-19(12-10-17)24-14-16-6-4-5-15(20(16)22)13-23-18-7-2-1-3-8-18/h1-3,7-14,23H,4-6H2/b15-13+,24-14?. The first-order chi connectivity index (χ1) is 11.7. The second-order valence-electron chi connectivity index (χ2n) is 5.61. The molecule has 1 aliphatic carbocycles. The normalized spacial score (nSPS) is 16.8. The fraction of sp³-hybridized carbons (Fsp3) is 0.150. The summed E-state index contributed by atoms with van der Waals surface area (Å²) in [4.78, 5) is 4.50. The van der Waals surface area contributed by atoms with Crippen LogP contribution in [0.15, 0.2) is 82.0 Å². The fourth-order valence-corrected chi connectivity index (χ4v) is 2.95. The maximum absolute atomic E-state index is 6.57. The van der Waals surface area contributed by atoms with Crippen LogP contribution in [0.3, 0.4) is 0 Å². The van der Waals surface area contributed by atoms with E-state index in [1.165, 1.54) is 0 Å². The minimum atomic E-state index is 0.709. The number of nitrogens with zero attached hydrogens (tertiary/aromatic N) is 1. The molecule has 0 saturated carbocycles. The first-order valence-electron chi connectivity index (χ1n) is 7.91. The Hall–Kier alpha value is -2.03. The molecule has 1 aliphatic rings. The topological polar surface area (TPSA) is 24.4 Å². The number of para-hydroxylation sites is 1. The first kappa shape index (κ1) is 16.8. The number of benzene rings is 2. The van der Waals surface area contributed by atoms with Crippen molar-refractivity contribution in [2.75, 3.05) is 5.32 Å². The molecule has 4 heteroatoms. The molecular formula is C20H18Cl2N2. The van der Waals surface area contributed by atoms with E-state index in [0.717, 1.165) is 46.8 Å². The zero-order chi connectivity index (χ0) is 16.8. The van der Waals surface area contributed by atoms with Gasteiger partial charge in [-0.2, -0.15) is 0 Å². The first-order valence-corrected chi connectivity index (χ1v) is 8.67. The molecule has 0 fully saturated rings. The predicted molar refractivity (Wildman–Crippen MR) is 104 cm³/mol. The monoisotopic (exact) mass is 356 g/mol. The molecular weight excluding hydrogens is 339 g/mol. The summed E-state index contributed by atoms with van der Waals surface area (Å²) in [5.41, 5.74) is 4.11. The average Bonchev–Trinajstić information content (AvgIpc) is 2.62. The highest BCUT2D eigenvalue weighted by atomic mass is 35.5. The van der Waals surface area contributed by atoms with Crippen LogP contribution < -0.4 is 5.32 Å². The van der Waals surface area contributed by atoms with Gasteiger partial charge < -0.3 is 5.32 Å². The lowest BCUT2D eigenvalue weighted by Crippen LogP contribution is -2.02. The molecule has 0 bridgehead atoms. The van der Waals surface area contributed by atoms with Gasteiger partial charge >= 0.3 is 0 Å². The van der Waals surface area contributed by atoms with Crippen LogP contribution >= 0.6 is 23.2 Å².